The number of rotatable bonds is 2. The van der Waals surface area contributed by atoms with Crippen molar-refractivity contribution >= 4 is 129 Å². The first-order valence-electron chi connectivity index (χ1n) is 26.1. The summed E-state index contributed by atoms with van der Waals surface area (Å²) in [5.74, 6) is 0. The number of benzene rings is 10. The van der Waals surface area contributed by atoms with Crippen LogP contribution in [0.1, 0.15) is 94.2 Å². The number of aryl methyl sites for hydroxylation is 2. The summed E-state index contributed by atoms with van der Waals surface area (Å²) in [6.07, 6.45) is 0. The summed E-state index contributed by atoms with van der Waals surface area (Å²) in [5, 5.41) is 20.7. The van der Waals surface area contributed by atoms with Crippen LogP contribution >= 0.6 is 15.9 Å². The fourth-order valence-corrected chi connectivity index (χ4v) is 11.6. The summed E-state index contributed by atoms with van der Waals surface area (Å²) in [7, 11) is -1.35. The SMILES string of the molecule is CC1(C)OB(B2OC(C)(C)C(C)(C)O2)OC1(C)C.Cc1ccc2c(c1)c1ccccc1c1cc(B3OC(C)(C)C(C)(C)O3)c3ccccc3c21.Cc1ccc2c(c1)c1ccccc1c1cc(Br)c3ccccc3c21. The van der Waals surface area contributed by atoms with Gasteiger partial charge in [-0.3, -0.25) is 0 Å². The molecular weight excluding hydrogens is 977 g/mol. The molecule has 74 heavy (non-hydrogen) atoms. The lowest BCUT2D eigenvalue weighted by Gasteiger charge is -2.32. The van der Waals surface area contributed by atoms with E-state index in [9.17, 15) is 0 Å². The minimum absolute atomic E-state index is 0.360. The standard InChI is InChI=1S/C29H27BO2.C23H15Br.C12H24B2O4/c1-18-14-15-23-24(16-18)19-10-6-7-11-20(19)25-17-26(21-12-8-9-13-22(21)27(23)25)30-31-28(2,3)29(4,5)32-30;1-14-10-11-19-20(12-14)15-6-2-3-7-16(15)21-13-22(24)17-8-4-5-9-18(17)23(19)21;1-9(2)10(3,4)16-13(15-9)14-17-11(5,6)12(7,8)18-14/h6-17H,1-5H3;2-13H,1H3;1-8H3. The third-order valence-corrected chi connectivity index (χ3v) is 17.9. The molecule has 3 aliphatic heterocycles. The largest absolute Gasteiger partial charge is 0.495 e. The van der Waals surface area contributed by atoms with E-state index >= 15 is 0 Å². The van der Waals surface area contributed by atoms with Crippen molar-refractivity contribution in [1.29, 1.82) is 0 Å². The second-order valence-electron chi connectivity index (χ2n) is 23.8. The molecular formula is C64H66B3BrO6. The zero-order valence-corrected chi connectivity index (χ0v) is 47.0. The molecule has 0 radical (unpaired) electrons. The van der Waals surface area contributed by atoms with Crippen molar-refractivity contribution < 1.29 is 27.9 Å². The van der Waals surface area contributed by atoms with Crippen molar-refractivity contribution in [2.75, 3.05) is 0 Å². The van der Waals surface area contributed by atoms with Crippen LogP contribution in [0.2, 0.25) is 0 Å². The molecule has 3 saturated heterocycles. The maximum atomic E-state index is 6.50. The highest BCUT2D eigenvalue weighted by molar-refractivity contribution is 9.10. The molecule has 0 bridgehead atoms. The van der Waals surface area contributed by atoms with Crippen LogP contribution in [0.4, 0.5) is 0 Å². The lowest BCUT2D eigenvalue weighted by atomic mass is 9.49. The Bertz CT molecular complexity index is 3820. The van der Waals surface area contributed by atoms with Crippen molar-refractivity contribution in [3.8, 4) is 0 Å². The molecule has 6 nitrogen and oxygen atoms in total. The predicted molar refractivity (Wildman–Crippen MR) is 318 cm³/mol. The van der Waals surface area contributed by atoms with Crippen molar-refractivity contribution in [2.45, 2.75) is 131 Å². The van der Waals surface area contributed by atoms with E-state index in [4.69, 9.17) is 27.9 Å². The average molecular weight is 1040 g/mol. The smallest absolute Gasteiger partial charge is 0.405 e. The molecule has 0 saturated carbocycles. The van der Waals surface area contributed by atoms with E-state index in [1.807, 2.05) is 55.4 Å². The van der Waals surface area contributed by atoms with Gasteiger partial charge in [0.25, 0.3) is 0 Å². The molecule has 3 heterocycles. The third-order valence-electron chi connectivity index (χ3n) is 17.2. The molecule has 374 valence electrons. The van der Waals surface area contributed by atoms with Crippen LogP contribution < -0.4 is 5.46 Å². The Hall–Kier alpha value is -5.29. The highest BCUT2D eigenvalue weighted by atomic mass is 79.9. The van der Waals surface area contributed by atoms with E-state index in [0.717, 1.165) is 9.94 Å². The number of fused-ring (bicyclic) bond motifs is 16. The summed E-state index contributed by atoms with van der Waals surface area (Å²) in [6, 6.07) is 53.0. The molecule has 10 aromatic rings. The van der Waals surface area contributed by atoms with Gasteiger partial charge in [-0.2, -0.15) is 0 Å². The van der Waals surface area contributed by atoms with Gasteiger partial charge in [-0.05, 0) is 195 Å². The van der Waals surface area contributed by atoms with Crippen LogP contribution in [0, 0.1) is 13.8 Å². The quantitative estimate of drug-likeness (QED) is 0.127. The Morgan fingerprint density at radius 1 is 0.297 bits per heavy atom. The Kier molecular flexibility index (Phi) is 12.3. The highest BCUT2D eigenvalue weighted by Crippen LogP contribution is 2.45. The molecule has 10 aromatic carbocycles. The van der Waals surface area contributed by atoms with Gasteiger partial charge in [0.2, 0.25) is 0 Å². The van der Waals surface area contributed by atoms with E-state index < -0.39 is 21.1 Å². The normalized spacial score (nSPS) is 19.3. The summed E-state index contributed by atoms with van der Waals surface area (Å²) >= 11 is 3.78. The van der Waals surface area contributed by atoms with Gasteiger partial charge in [0.15, 0.2) is 0 Å². The Balaban J connectivity index is 0.000000125. The predicted octanol–water partition coefficient (Wildman–Crippen LogP) is 16.5. The summed E-state index contributed by atoms with van der Waals surface area (Å²) in [6.45, 7) is 29.0. The maximum Gasteiger partial charge on any atom is 0.495 e. The second-order valence-corrected chi connectivity index (χ2v) is 24.6. The molecule has 0 unspecified atom stereocenters. The zero-order valence-electron chi connectivity index (χ0n) is 45.4. The first-order valence-corrected chi connectivity index (χ1v) is 26.9. The van der Waals surface area contributed by atoms with Gasteiger partial charge in [0.05, 0.1) is 33.6 Å². The van der Waals surface area contributed by atoms with Gasteiger partial charge in [-0.15, -0.1) is 0 Å². The number of hydrogen-bond acceptors (Lipinski definition) is 6. The van der Waals surface area contributed by atoms with Crippen LogP contribution in [0.5, 0.6) is 0 Å². The number of halogens is 1. The van der Waals surface area contributed by atoms with Gasteiger partial charge in [-0.1, -0.05) is 167 Å². The van der Waals surface area contributed by atoms with E-state index in [2.05, 4.69) is 203 Å². The van der Waals surface area contributed by atoms with Gasteiger partial charge in [0.1, 0.15) is 0 Å². The lowest BCUT2D eigenvalue weighted by Crippen LogP contribution is -2.41. The fraction of sp³-hybridized carbons (Fsp3) is 0.312. The van der Waals surface area contributed by atoms with Crippen molar-refractivity contribution in [2.24, 2.45) is 0 Å². The van der Waals surface area contributed by atoms with E-state index in [-0.39, 0.29) is 33.6 Å². The van der Waals surface area contributed by atoms with E-state index in [0.29, 0.717) is 0 Å². The number of hydrogen-bond donors (Lipinski definition) is 0. The van der Waals surface area contributed by atoms with Crippen LogP contribution in [0.3, 0.4) is 0 Å². The molecule has 0 amide bonds. The van der Waals surface area contributed by atoms with Gasteiger partial charge < -0.3 is 27.9 Å². The van der Waals surface area contributed by atoms with Gasteiger partial charge >= 0.3 is 21.1 Å². The van der Waals surface area contributed by atoms with Crippen molar-refractivity contribution in [3.05, 3.63) is 161 Å². The molecule has 0 spiro atoms. The minimum Gasteiger partial charge on any atom is -0.405 e. The second kappa shape index (κ2) is 17.9. The van der Waals surface area contributed by atoms with Crippen LogP contribution in [0.25, 0.3) is 86.2 Å². The van der Waals surface area contributed by atoms with E-state index in [1.165, 1.54) is 97.3 Å². The van der Waals surface area contributed by atoms with Crippen LogP contribution in [0.15, 0.2) is 150 Å². The molecule has 0 N–H and O–H groups in total. The lowest BCUT2D eigenvalue weighted by molar-refractivity contribution is 0.00578. The van der Waals surface area contributed by atoms with Crippen molar-refractivity contribution in [1.82, 2.24) is 0 Å². The van der Waals surface area contributed by atoms with Crippen LogP contribution in [-0.4, -0.2) is 54.7 Å². The Morgan fingerprint density at radius 2 is 0.595 bits per heavy atom. The molecule has 3 aliphatic rings. The molecule has 13 rings (SSSR count). The molecule has 10 heteroatoms. The first kappa shape index (κ1) is 50.9. The molecule has 3 fully saturated rings. The van der Waals surface area contributed by atoms with Crippen molar-refractivity contribution in [3.63, 3.8) is 0 Å². The summed E-state index contributed by atoms with van der Waals surface area (Å²) < 4.78 is 38.0. The van der Waals surface area contributed by atoms with E-state index in [1.54, 1.807) is 0 Å². The maximum absolute atomic E-state index is 6.50. The third kappa shape index (κ3) is 8.35. The van der Waals surface area contributed by atoms with Crippen LogP contribution in [-0.2, 0) is 27.9 Å². The molecule has 0 aromatic heterocycles. The molecule has 0 aliphatic carbocycles. The fourth-order valence-electron chi connectivity index (χ4n) is 11.0. The Morgan fingerprint density at radius 3 is 1.00 bits per heavy atom. The average Bonchev–Trinajstić information content (AvgIpc) is 3.85. The first-order chi connectivity index (χ1) is 34.9. The zero-order chi connectivity index (χ0) is 52.5. The minimum atomic E-state index is -0.476. The highest BCUT2D eigenvalue weighted by Gasteiger charge is 2.63. The van der Waals surface area contributed by atoms with Gasteiger partial charge in [-0.25, -0.2) is 0 Å². The Labute approximate surface area is 445 Å². The summed E-state index contributed by atoms with van der Waals surface area (Å²) in [4.78, 5) is 0. The summed E-state index contributed by atoms with van der Waals surface area (Å²) in [5.41, 5.74) is 1.48. The molecule has 0 atom stereocenters. The topological polar surface area (TPSA) is 55.4 Å². The monoisotopic (exact) mass is 1040 g/mol. The van der Waals surface area contributed by atoms with Gasteiger partial charge in [0, 0.05) is 4.47 Å².